The average molecular weight is 374 g/mol. The monoisotopic (exact) mass is 374 g/mol. The number of rotatable bonds is 6. The number of ether oxygens (including phenoxy) is 1. The van der Waals surface area contributed by atoms with Gasteiger partial charge in [0, 0.05) is 32.8 Å². The fourth-order valence-corrected chi connectivity index (χ4v) is 3.65. The zero-order chi connectivity index (χ0) is 19.1. The number of fused-ring (bicyclic) bond motifs is 1. The lowest BCUT2D eigenvalue weighted by Crippen LogP contribution is -2.49. The lowest BCUT2D eigenvalue weighted by atomic mass is 10.0. The van der Waals surface area contributed by atoms with E-state index in [1.807, 2.05) is 17.0 Å². The molecule has 7 nitrogen and oxygen atoms in total. The van der Waals surface area contributed by atoms with E-state index in [4.69, 9.17) is 10.5 Å². The van der Waals surface area contributed by atoms with Crippen molar-refractivity contribution in [1.82, 2.24) is 15.1 Å². The van der Waals surface area contributed by atoms with Crippen LogP contribution in [0.5, 0.6) is 0 Å². The van der Waals surface area contributed by atoms with Crippen molar-refractivity contribution < 1.29 is 14.3 Å². The van der Waals surface area contributed by atoms with Crippen molar-refractivity contribution in [3.8, 4) is 0 Å². The van der Waals surface area contributed by atoms with Gasteiger partial charge in [-0.05, 0) is 43.4 Å². The summed E-state index contributed by atoms with van der Waals surface area (Å²) in [5.41, 5.74) is 7.95. The molecule has 0 spiro atoms. The Morgan fingerprint density at radius 2 is 1.85 bits per heavy atom. The minimum Gasteiger partial charge on any atom is -0.378 e. The van der Waals surface area contributed by atoms with Crippen molar-refractivity contribution in [3.63, 3.8) is 0 Å². The van der Waals surface area contributed by atoms with Gasteiger partial charge in [0.15, 0.2) is 0 Å². The first-order valence-electron chi connectivity index (χ1n) is 9.86. The van der Waals surface area contributed by atoms with E-state index in [0.29, 0.717) is 39.3 Å². The Morgan fingerprint density at radius 1 is 1.11 bits per heavy atom. The van der Waals surface area contributed by atoms with E-state index in [2.05, 4.69) is 17.4 Å². The molecule has 2 aliphatic heterocycles. The van der Waals surface area contributed by atoms with Crippen LogP contribution in [0.1, 0.15) is 30.4 Å². The van der Waals surface area contributed by atoms with Crippen LogP contribution in [0.4, 0.5) is 4.79 Å². The molecule has 27 heavy (non-hydrogen) atoms. The van der Waals surface area contributed by atoms with Crippen molar-refractivity contribution in [2.24, 2.45) is 5.73 Å². The molecule has 1 saturated heterocycles. The summed E-state index contributed by atoms with van der Waals surface area (Å²) in [5.74, 6) is -0.0267. The molecule has 0 unspecified atom stereocenters. The van der Waals surface area contributed by atoms with Gasteiger partial charge >= 0.3 is 6.03 Å². The minimum absolute atomic E-state index is 0.0267. The molecule has 0 aliphatic carbocycles. The lowest BCUT2D eigenvalue weighted by molar-refractivity contribution is -0.132. The van der Waals surface area contributed by atoms with Crippen LogP contribution in [0.25, 0.3) is 0 Å². The van der Waals surface area contributed by atoms with E-state index < -0.39 is 0 Å². The van der Waals surface area contributed by atoms with Crippen molar-refractivity contribution in [1.29, 1.82) is 0 Å². The van der Waals surface area contributed by atoms with Crippen molar-refractivity contribution >= 4 is 11.9 Å². The summed E-state index contributed by atoms with van der Waals surface area (Å²) in [6.45, 7) is 4.02. The summed E-state index contributed by atoms with van der Waals surface area (Å²) in [4.78, 5) is 28.4. The number of piperidine rings is 1. The van der Waals surface area contributed by atoms with E-state index in [0.717, 1.165) is 25.7 Å². The molecule has 3 amide bonds. The number of carbonyl (C=O) groups is 2. The number of nitrogens with one attached hydrogen (secondary N) is 1. The van der Waals surface area contributed by atoms with E-state index in [1.165, 1.54) is 11.1 Å². The highest BCUT2D eigenvalue weighted by Gasteiger charge is 2.25. The molecule has 2 heterocycles. The summed E-state index contributed by atoms with van der Waals surface area (Å²) < 4.78 is 5.76. The van der Waals surface area contributed by atoms with Crippen molar-refractivity contribution in [2.45, 2.75) is 38.3 Å². The van der Waals surface area contributed by atoms with Crippen LogP contribution in [-0.4, -0.2) is 67.2 Å². The van der Waals surface area contributed by atoms with Crippen molar-refractivity contribution in [2.75, 3.05) is 39.3 Å². The molecule has 2 aliphatic rings. The van der Waals surface area contributed by atoms with Gasteiger partial charge < -0.3 is 25.6 Å². The van der Waals surface area contributed by atoms with Gasteiger partial charge in [0.25, 0.3) is 0 Å². The SMILES string of the molecule is NCCCOC1CCN(C(=O)CNC(=O)N2CCc3ccccc3C2)CC1. The molecule has 3 N–H and O–H groups in total. The number of amides is 3. The number of likely N-dealkylation sites (tertiary alicyclic amines) is 1. The number of benzene rings is 1. The molecule has 0 radical (unpaired) electrons. The smallest absolute Gasteiger partial charge is 0.318 e. The normalized spacial score (nSPS) is 17.5. The Morgan fingerprint density at radius 3 is 2.59 bits per heavy atom. The highest BCUT2D eigenvalue weighted by molar-refractivity contribution is 5.84. The summed E-state index contributed by atoms with van der Waals surface area (Å²) in [7, 11) is 0. The van der Waals surface area contributed by atoms with E-state index >= 15 is 0 Å². The number of hydrogen-bond acceptors (Lipinski definition) is 4. The Balaban J connectivity index is 1.38. The molecule has 3 rings (SSSR count). The molecular formula is C20H30N4O3. The maximum absolute atomic E-state index is 12.4. The second-order valence-electron chi connectivity index (χ2n) is 7.19. The maximum atomic E-state index is 12.4. The first kappa shape index (κ1) is 19.6. The zero-order valence-corrected chi connectivity index (χ0v) is 15.9. The summed E-state index contributed by atoms with van der Waals surface area (Å²) >= 11 is 0. The Hall–Kier alpha value is -2.12. The molecule has 0 atom stereocenters. The molecule has 148 valence electrons. The minimum atomic E-state index is -0.169. The molecule has 7 heteroatoms. The van der Waals surface area contributed by atoms with Gasteiger partial charge in [0.05, 0.1) is 12.6 Å². The molecule has 1 aromatic rings. The topological polar surface area (TPSA) is 87.9 Å². The quantitative estimate of drug-likeness (QED) is 0.730. The summed E-state index contributed by atoms with van der Waals surface area (Å²) in [6.07, 6.45) is 3.62. The van der Waals surface area contributed by atoms with Gasteiger partial charge in [-0.1, -0.05) is 24.3 Å². The van der Waals surface area contributed by atoms with Gasteiger partial charge in [-0.15, -0.1) is 0 Å². The highest BCUT2D eigenvalue weighted by atomic mass is 16.5. The first-order chi connectivity index (χ1) is 13.2. The Labute approximate surface area is 160 Å². The molecule has 0 aromatic heterocycles. The van der Waals surface area contributed by atoms with E-state index in [-0.39, 0.29) is 24.6 Å². The Bertz CT molecular complexity index is 644. The second kappa shape index (κ2) is 9.71. The van der Waals surface area contributed by atoms with Crippen LogP contribution >= 0.6 is 0 Å². The van der Waals surface area contributed by atoms with Crippen LogP contribution in [0.15, 0.2) is 24.3 Å². The van der Waals surface area contributed by atoms with Crippen LogP contribution in [0.2, 0.25) is 0 Å². The molecule has 1 aromatic carbocycles. The zero-order valence-electron chi connectivity index (χ0n) is 15.9. The number of nitrogens with zero attached hydrogens (tertiary/aromatic N) is 2. The maximum Gasteiger partial charge on any atom is 0.318 e. The van der Waals surface area contributed by atoms with Gasteiger partial charge in [0.2, 0.25) is 5.91 Å². The van der Waals surface area contributed by atoms with Crippen LogP contribution in [-0.2, 0) is 22.5 Å². The van der Waals surface area contributed by atoms with E-state index in [9.17, 15) is 9.59 Å². The van der Waals surface area contributed by atoms with Crippen LogP contribution in [0.3, 0.4) is 0 Å². The fraction of sp³-hybridized carbons (Fsp3) is 0.600. The number of urea groups is 1. The average Bonchev–Trinajstić information content (AvgIpc) is 2.72. The lowest BCUT2D eigenvalue weighted by Gasteiger charge is -2.32. The number of nitrogens with two attached hydrogens (primary N) is 1. The highest BCUT2D eigenvalue weighted by Crippen LogP contribution is 2.18. The third kappa shape index (κ3) is 5.43. The third-order valence-electron chi connectivity index (χ3n) is 5.31. The predicted octanol–water partition coefficient (Wildman–Crippen LogP) is 1.11. The standard InChI is InChI=1S/C20H30N4O3/c21-9-3-13-27-18-7-11-23(12-8-18)19(25)14-22-20(26)24-10-6-16-4-1-2-5-17(16)15-24/h1-2,4-5,18H,3,6-15,21H2,(H,22,26). The summed E-state index contributed by atoms with van der Waals surface area (Å²) in [5, 5.41) is 2.78. The number of carbonyl (C=O) groups excluding carboxylic acids is 2. The van der Waals surface area contributed by atoms with Gasteiger partial charge in [-0.2, -0.15) is 0 Å². The molecular weight excluding hydrogens is 344 g/mol. The fourth-order valence-electron chi connectivity index (χ4n) is 3.65. The third-order valence-corrected chi connectivity index (χ3v) is 5.31. The second-order valence-corrected chi connectivity index (χ2v) is 7.19. The van der Waals surface area contributed by atoms with Crippen LogP contribution in [0, 0.1) is 0 Å². The van der Waals surface area contributed by atoms with Gasteiger partial charge in [-0.3, -0.25) is 4.79 Å². The number of hydrogen-bond donors (Lipinski definition) is 2. The largest absolute Gasteiger partial charge is 0.378 e. The van der Waals surface area contributed by atoms with E-state index in [1.54, 1.807) is 4.90 Å². The molecule has 0 bridgehead atoms. The van der Waals surface area contributed by atoms with Crippen molar-refractivity contribution in [3.05, 3.63) is 35.4 Å². The first-order valence-corrected chi connectivity index (χ1v) is 9.86. The predicted molar refractivity (Wildman–Crippen MR) is 103 cm³/mol. The van der Waals surface area contributed by atoms with Gasteiger partial charge in [-0.25, -0.2) is 4.79 Å². The van der Waals surface area contributed by atoms with Gasteiger partial charge in [0.1, 0.15) is 0 Å². The molecule has 0 saturated carbocycles. The summed E-state index contributed by atoms with van der Waals surface area (Å²) in [6, 6.07) is 8.02. The molecule has 1 fully saturated rings. The van der Waals surface area contributed by atoms with Crippen LogP contribution < -0.4 is 11.1 Å². The Kier molecular flexibility index (Phi) is 7.06.